The summed E-state index contributed by atoms with van der Waals surface area (Å²) in [6.45, 7) is 0. The topological polar surface area (TPSA) is 95.8 Å². The molecule has 1 aromatic carbocycles. The van der Waals surface area contributed by atoms with E-state index in [0.29, 0.717) is 29.9 Å². The number of carbonyl (C=O) groups is 1. The smallest absolute Gasteiger partial charge is 0.274 e. The standard InChI is InChI=1S/C22H22ClF2N5O2/c1-30-10-26-18(19(30)21(31)28-14-2-3-16(24)15(23)6-14)11-4-12-7-22(32,8-13(12)5-11)20-17(25)9-27-29-20/h2-3,6,9-13,32H,4-5,7-8H2,1H3,(H,27,29)(H,28,31). The zero-order chi connectivity index (χ0) is 22.6. The molecule has 7 nitrogen and oxygen atoms in total. The Hall–Kier alpha value is -2.78. The summed E-state index contributed by atoms with van der Waals surface area (Å²) < 4.78 is 29.1. The number of aryl methyl sites for hydroxylation is 1. The Morgan fingerprint density at radius 2 is 2.00 bits per heavy atom. The molecule has 0 bridgehead atoms. The van der Waals surface area contributed by atoms with Crippen LogP contribution in [0.2, 0.25) is 5.02 Å². The quantitative estimate of drug-likeness (QED) is 0.544. The van der Waals surface area contributed by atoms with Gasteiger partial charge in [0, 0.05) is 18.7 Å². The number of aromatic nitrogens is 4. The van der Waals surface area contributed by atoms with E-state index in [0.717, 1.165) is 19.0 Å². The molecular formula is C22H22ClF2N5O2. The van der Waals surface area contributed by atoms with E-state index in [4.69, 9.17) is 11.6 Å². The number of hydrogen-bond acceptors (Lipinski definition) is 4. The van der Waals surface area contributed by atoms with Gasteiger partial charge >= 0.3 is 0 Å². The number of aliphatic hydroxyl groups is 1. The molecule has 10 heteroatoms. The van der Waals surface area contributed by atoms with Gasteiger partial charge in [0.05, 0.1) is 23.2 Å². The van der Waals surface area contributed by atoms with Crippen LogP contribution < -0.4 is 5.32 Å². The summed E-state index contributed by atoms with van der Waals surface area (Å²) in [6.07, 6.45) is 5.07. The van der Waals surface area contributed by atoms with E-state index in [1.165, 1.54) is 18.2 Å². The lowest BCUT2D eigenvalue weighted by Gasteiger charge is -2.23. The molecule has 0 aliphatic heterocycles. The van der Waals surface area contributed by atoms with Crippen molar-refractivity contribution in [1.29, 1.82) is 0 Å². The molecule has 2 fully saturated rings. The first kappa shape index (κ1) is 21.1. The van der Waals surface area contributed by atoms with Gasteiger partial charge in [-0.3, -0.25) is 9.89 Å². The van der Waals surface area contributed by atoms with Crippen LogP contribution >= 0.6 is 11.6 Å². The number of nitrogens with zero attached hydrogens (tertiary/aromatic N) is 3. The maximum atomic E-state index is 14.0. The van der Waals surface area contributed by atoms with Crippen molar-refractivity contribution in [3.8, 4) is 0 Å². The maximum absolute atomic E-state index is 14.0. The fraction of sp³-hybridized carbons (Fsp3) is 0.409. The minimum atomic E-state index is -1.24. The number of H-pyrrole nitrogens is 1. The zero-order valence-corrected chi connectivity index (χ0v) is 18.0. The third-order valence-corrected chi connectivity index (χ3v) is 7.13. The summed E-state index contributed by atoms with van der Waals surface area (Å²) in [5.74, 6) is -0.981. The van der Waals surface area contributed by atoms with E-state index in [1.807, 2.05) is 0 Å². The highest BCUT2D eigenvalue weighted by Gasteiger charge is 2.52. The van der Waals surface area contributed by atoms with Crippen molar-refractivity contribution in [3.63, 3.8) is 0 Å². The summed E-state index contributed by atoms with van der Waals surface area (Å²) in [5, 5.41) is 20.0. The van der Waals surface area contributed by atoms with Crippen molar-refractivity contribution in [2.45, 2.75) is 37.2 Å². The number of imidazole rings is 1. The van der Waals surface area contributed by atoms with Crippen LogP contribution in [0.15, 0.2) is 30.7 Å². The van der Waals surface area contributed by atoms with Gasteiger partial charge in [0.15, 0.2) is 5.82 Å². The van der Waals surface area contributed by atoms with Gasteiger partial charge in [-0.15, -0.1) is 0 Å². The first-order valence-corrected chi connectivity index (χ1v) is 10.8. The third kappa shape index (κ3) is 3.49. The molecular weight excluding hydrogens is 440 g/mol. The van der Waals surface area contributed by atoms with Gasteiger partial charge in [0.1, 0.15) is 22.8 Å². The Balaban J connectivity index is 1.33. The number of hydrogen-bond donors (Lipinski definition) is 3. The monoisotopic (exact) mass is 461 g/mol. The number of aromatic amines is 1. The minimum Gasteiger partial charge on any atom is -0.383 e. The highest BCUT2D eigenvalue weighted by molar-refractivity contribution is 6.31. The summed E-state index contributed by atoms with van der Waals surface area (Å²) in [6, 6.07) is 4.01. The molecule has 1 amide bonds. The Morgan fingerprint density at radius 1 is 1.28 bits per heavy atom. The second kappa shape index (κ2) is 7.67. The van der Waals surface area contributed by atoms with Gasteiger partial charge in [0.2, 0.25) is 0 Å². The normalized spacial score (nSPS) is 27.0. The van der Waals surface area contributed by atoms with Crippen LogP contribution in [0.4, 0.5) is 14.5 Å². The molecule has 5 rings (SSSR count). The van der Waals surface area contributed by atoms with Gasteiger partial charge in [-0.1, -0.05) is 11.6 Å². The number of rotatable bonds is 4. The third-order valence-electron chi connectivity index (χ3n) is 6.84. The van der Waals surface area contributed by atoms with Crippen LogP contribution in [-0.2, 0) is 12.6 Å². The van der Waals surface area contributed by atoms with Gasteiger partial charge in [0.25, 0.3) is 5.91 Å². The molecule has 3 N–H and O–H groups in total. The lowest BCUT2D eigenvalue weighted by molar-refractivity contribution is 0.0266. The highest BCUT2D eigenvalue weighted by atomic mass is 35.5. The van der Waals surface area contributed by atoms with Gasteiger partial charge in [-0.2, -0.15) is 5.10 Å². The van der Waals surface area contributed by atoms with Gasteiger partial charge in [-0.05, 0) is 55.7 Å². The second-order valence-corrected chi connectivity index (χ2v) is 9.30. The van der Waals surface area contributed by atoms with E-state index >= 15 is 0 Å². The summed E-state index contributed by atoms with van der Waals surface area (Å²) >= 11 is 5.82. The SMILES string of the molecule is Cn1cnc(C2CC3CC(O)(c4[nH]ncc4F)CC3C2)c1C(=O)Nc1ccc(F)c(Cl)c1. The molecule has 3 aromatic rings. The lowest BCUT2D eigenvalue weighted by Crippen LogP contribution is -2.25. The molecule has 0 saturated heterocycles. The van der Waals surface area contributed by atoms with Crippen LogP contribution in [-0.4, -0.2) is 30.8 Å². The van der Waals surface area contributed by atoms with Crippen molar-refractivity contribution in [3.05, 3.63) is 64.5 Å². The molecule has 0 spiro atoms. The molecule has 32 heavy (non-hydrogen) atoms. The first-order valence-electron chi connectivity index (χ1n) is 10.4. The number of fused-ring (bicyclic) bond motifs is 1. The second-order valence-electron chi connectivity index (χ2n) is 8.89. The molecule has 2 aromatic heterocycles. The fourth-order valence-corrected chi connectivity index (χ4v) is 5.66. The van der Waals surface area contributed by atoms with E-state index in [9.17, 15) is 18.7 Å². The number of nitrogens with one attached hydrogen (secondary N) is 2. The van der Waals surface area contributed by atoms with Gasteiger partial charge in [-0.25, -0.2) is 13.8 Å². The predicted octanol–water partition coefficient (Wildman–Crippen LogP) is 4.12. The highest BCUT2D eigenvalue weighted by Crippen LogP contribution is 2.56. The van der Waals surface area contributed by atoms with Gasteiger partial charge < -0.3 is 15.0 Å². The Bertz CT molecular complexity index is 1180. The number of halogens is 3. The predicted molar refractivity (Wildman–Crippen MR) is 113 cm³/mol. The number of benzene rings is 1. The van der Waals surface area contributed by atoms with Crippen molar-refractivity contribution in [1.82, 2.24) is 19.7 Å². The average molecular weight is 462 g/mol. The first-order chi connectivity index (χ1) is 15.2. The number of carbonyl (C=O) groups excluding carboxylic acids is 1. The van der Waals surface area contributed by atoms with Crippen molar-refractivity contribution >= 4 is 23.2 Å². The van der Waals surface area contributed by atoms with Crippen LogP contribution in [0, 0.1) is 23.5 Å². The fourth-order valence-electron chi connectivity index (χ4n) is 5.48. The van der Waals surface area contributed by atoms with Crippen LogP contribution in [0.25, 0.3) is 0 Å². The lowest BCUT2D eigenvalue weighted by atomic mass is 9.90. The Kier molecular flexibility index (Phi) is 5.05. The summed E-state index contributed by atoms with van der Waals surface area (Å²) in [4.78, 5) is 17.5. The Morgan fingerprint density at radius 3 is 2.62 bits per heavy atom. The molecule has 2 aliphatic rings. The van der Waals surface area contributed by atoms with Crippen LogP contribution in [0.3, 0.4) is 0 Å². The summed E-state index contributed by atoms with van der Waals surface area (Å²) in [5.41, 5.74) is 0.435. The average Bonchev–Trinajstić information content (AvgIpc) is 3.47. The molecule has 2 heterocycles. The molecule has 2 atom stereocenters. The molecule has 2 saturated carbocycles. The van der Waals surface area contributed by atoms with E-state index in [1.54, 1.807) is 17.9 Å². The summed E-state index contributed by atoms with van der Waals surface area (Å²) in [7, 11) is 1.75. The minimum absolute atomic E-state index is 0.0555. The van der Waals surface area contributed by atoms with Crippen molar-refractivity contribution in [2.24, 2.45) is 18.9 Å². The van der Waals surface area contributed by atoms with E-state index < -0.39 is 17.2 Å². The van der Waals surface area contributed by atoms with Crippen LogP contribution in [0.1, 0.15) is 53.5 Å². The van der Waals surface area contributed by atoms with Crippen LogP contribution in [0.5, 0.6) is 0 Å². The number of anilines is 1. The Labute approximate surface area is 187 Å². The molecule has 168 valence electrons. The number of amides is 1. The van der Waals surface area contributed by atoms with E-state index in [-0.39, 0.29) is 34.4 Å². The van der Waals surface area contributed by atoms with Crippen molar-refractivity contribution in [2.75, 3.05) is 5.32 Å². The molecule has 2 aliphatic carbocycles. The van der Waals surface area contributed by atoms with Crippen molar-refractivity contribution < 1.29 is 18.7 Å². The molecule has 0 radical (unpaired) electrons. The van der Waals surface area contributed by atoms with E-state index in [2.05, 4.69) is 20.5 Å². The maximum Gasteiger partial charge on any atom is 0.274 e. The zero-order valence-electron chi connectivity index (χ0n) is 17.3. The largest absolute Gasteiger partial charge is 0.383 e. The molecule has 2 unspecified atom stereocenters.